The molecule has 0 rings (SSSR count). The Hall–Kier alpha value is -0.393. The summed E-state index contributed by atoms with van der Waals surface area (Å²) in [7, 11) is -1.90. The maximum atomic E-state index is 11.8. The van der Waals surface area contributed by atoms with Crippen LogP contribution in [0.15, 0.2) is 0 Å². The lowest BCUT2D eigenvalue weighted by molar-refractivity contribution is -0.156. The van der Waals surface area contributed by atoms with Gasteiger partial charge in [0.2, 0.25) is 0 Å². The molecule has 5 heteroatoms. The van der Waals surface area contributed by atoms with Crippen molar-refractivity contribution >= 4 is 14.3 Å². The van der Waals surface area contributed by atoms with Gasteiger partial charge >= 0.3 is 5.97 Å². The molecule has 0 saturated carbocycles. The van der Waals surface area contributed by atoms with E-state index in [1.165, 1.54) is 0 Å². The molecule has 0 aromatic carbocycles. The number of esters is 1. The molecule has 2 N–H and O–H groups in total. The molecule has 0 unspecified atom stereocenters. The zero-order chi connectivity index (χ0) is 15.5. The minimum Gasteiger partial charge on any atom is -0.460 e. The van der Waals surface area contributed by atoms with Crippen LogP contribution in [0.2, 0.25) is 18.1 Å². The summed E-state index contributed by atoms with van der Waals surface area (Å²) >= 11 is 0. The summed E-state index contributed by atoms with van der Waals surface area (Å²) in [5, 5.41) is 0.106. The third-order valence-electron chi connectivity index (χ3n) is 3.34. The number of hydrogen-bond acceptors (Lipinski definition) is 4. The lowest BCUT2D eigenvalue weighted by atomic mass is 10.2. The van der Waals surface area contributed by atoms with Gasteiger partial charge in [-0.1, -0.05) is 20.8 Å². The topological polar surface area (TPSA) is 61.5 Å². The Balaban J connectivity index is 4.58. The van der Waals surface area contributed by atoms with Gasteiger partial charge in [0.05, 0.1) is 12.5 Å². The Morgan fingerprint density at radius 2 is 1.63 bits per heavy atom. The molecule has 0 bridgehead atoms. The fourth-order valence-electron chi connectivity index (χ4n) is 1.34. The molecule has 0 aliphatic heterocycles. The van der Waals surface area contributed by atoms with E-state index in [4.69, 9.17) is 14.9 Å². The molecule has 0 aromatic rings. The minimum absolute atomic E-state index is 0.106. The highest BCUT2D eigenvalue weighted by atomic mass is 28.4. The SMILES string of the molecule is CC(C)(C)OC(=O)C[C@@H](CN)O[Si](C)(C)C(C)(C)C. The van der Waals surface area contributed by atoms with Gasteiger partial charge < -0.3 is 14.9 Å². The van der Waals surface area contributed by atoms with Gasteiger partial charge in [-0.3, -0.25) is 4.79 Å². The second-order valence-corrected chi connectivity index (χ2v) is 12.3. The third-order valence-corrected chi connectivity index (χ3v) is 7.88. The zero-order valence-corrected chi connectivity index (χ0v) is 14.8. The Labute approximate surface area is 119 Å². The van der Waals surface area contributed by atoms with Crippen molar-refractivity contribution in [3.8, 4) is 0 Å². The van der Waals surface area contributed by atoms with Crippen LogP contribution in [0.3, 0.4) is 0 Å². The molecule has 0 heterocycles. The predicted molar refractivity (Wildman–Crippen MR) is 81.6 cm³/mol. The smallest absolute Gasteiger partial charge is 0.308 e. The van der Waals surface area contributed by atoms with E-state index in [0.717, 1.165) is 0 Å². The molecule has 0 fully saturated rings. The molecule has 19 heavy (non-hydrogen) atoms. The average Bonchev–Trinajstić information content (AvgIpc) is 2.11. The summed E-state index contributed by atoms with van der Waals surface area (Å²) in [5.41, 5.74) is 5.26. The van der Waals surface area contributed by atoms with Crippen LogP contribution in [-0.4, -0.2) is 32.5 Å². The summed E-state index contributed by atoms with van der Waals surface area (Å²) in [6, 6.07) is 0. The highest BCUT2D eigenvalue weighted by Crippen LogP contribution is 2.37. The molecule has 4 nitrogen and oxygen atoms in total. The van der Waals surface area contributed by atoms with Gasteiger partial charge in [-0.15, -0.1) is 0 Å². The Kier molecular flexibility index (Phi) is 6.24. The van der Waals surface area contributed by atoms with Crippen molar-refractivity contribution in [3.63, 3.8) is 0 Å². The molecular weight excluding hydrogens is 258 g/mol. The summed E-state index contributed by atoms with van der Waals surface area (Å²) in [6.07, 6.45) is -0.0314. The van der Waals surface area contributed by atoms with Gasteiger partial charge in [0, 0.05) is 6.54 Å². The second kappa shape index (κ2) is 6.37. The largest absolute Gasteiger partial charge is 0.460 e. The first-order valence-corrected chi connectivity index (χ1v) is 9.79. The first kappa shape index (κ1) is 18.6. The summed E-state index contributed by atoms with van der Waals surface area (Å²) in [4.78, 5) is 11.8. The van der Waals surface area contributed by atoms with Crippen molar-refractivity contribution in [1.29, 1.82) is 0 Å². The molecular formula is C14H31NO3Si. The molecule has 0 aromatic heterocycles. The Morgan fingerprint density at radius 3 is 1.95 bits per heavy atom. The molecule has 0 aliphatic carbocycles. The number of carbonyl (C=O) groups excluding carboxylic acids is 1. The lowest BCUT2D eigenvalue weighted by Crippen LogP contribution is -2.46. The van der Waals surface area contributed by atoms with Crippen molar-refractivity contribution in [2.24, 2.45) is 5.73 Å². The normalized spacial score (nSPS) is 15.2. The fourth-order valence-corrected chi connectivity index (χ4v) is 2.70. The van der Waals surface area contributed by atoms with Crippen LogP contribution >= 0.6 is 0 Å². The van der Waals surface area contributed by atoms with E-state index in [1.807, 2.05) is 20.8 Å². The number of hydrogen-bond donors (Lipinski definition) is 1. The van der Waals surface area contributed by atoms with Crippen molar-refractivity contribution in [2.45, 2.75) is 77.8 Å². The highest BCUT2D eigenvalue weighted by Gasteiger charge is 2.39. The molecule has 1 atom stereocenters. The van der Waals surface area contributed by atoms with Gasteiger partial charge in [-0.25, -0.2) is 0 Å². The van der Waals surface area contributed by atoms with E-state index in [9.17, 15) is 4.79 Å². The van der Waals surface area contributed by atoms with E-state index in [1.54, 1.807) is 0 Å². The van der Waals surface area contributed by atoms with Crippen molar-refractivity contribution in [2.75, 3.05) is 6.54 Å². The molecule has 0 aliphatic rings. The van der Waals surface area contributed by atoms with Gasteiger partial charge in [-0.05, 0) is 38.9 Å². The van der Waals surface area contributed by atoms with E-state index < -0.39 is 13.9 Å². The van der Waals surface area contributed by atoms with Crippen molar-refractivity contribution in [3.05, 3.63) is 0 Å². The van der Waals surface area contributed by atoms with Crippen LogP contribution in [0.1, 0.15) is 48.0 Å². The number of carbonyl (C=O) groups is 1. The summed E-state index contributed by atoms with van der Waals surface area (Å²) in [5.74, 6) is -0.248. The number of ether oxygens (including phenoxy) is 1. The van der Waals surface area contributed by atoms with Gasteiger partial charge in [0.1, 0.15) is 5.60 Å². The van der Waals surface area contributed by atoms with Gasteiger partial charge in [0.25, 0.3) is 0 Å². The molecule has 0 saturated heterocycles. The van der Waals surface area contributed by atoms with E-state index in [0.29, 0.717) is 6.54 Å². The highest BCUT2D eigenvalue weighted by molar-refractivity contribution is 6.74. The van der Waals surface area contributed by atoms with E-state index in [-0.39, 0.29) is 23.5 Å². The van der Waals surface area contributed by atoms with E-state index in [2.05, 4.69) is 33.9 Å². The summed E-state index contributed by atoms with van der Waals surface area (Å²) < 4.78 is 11.5. The maximum Gasteiger partial charge on any atom is 0.308 e. The van der Waals surface area contributed by atoms with Crippen molar-refractivity contribution in [1.82, 2.24) is 0 Å². The minimum atomic E-state index is -1.90. The van der Waals surface area contributed by atoms with Crippen molar-refractivity contribution < 1.29 is 14.0 Å². The third kappa shape index (κ3) is 7.08. The monoisotopic (exact) mass is 289 g/mol. The Morgan fingerprint density at radius 1 is 1.16 bits per heavy atom. The molecule has 0 amide bonds. The first-order valence-electron chi connectivity index (χ1n) is 6.88. The Bertz CT molecular complexity index is 303. The van der Waals surface area contributed by atoms with Crippen LogP contribution < -0.4 is 5.73 Å². The zero-order valence-electron chi connectivity index (χ0n) is 13.8. The molecule has 0 spiro atoms. The van der Waals surface area contributed by atoms with Crippen LogP contribution in [-0.2, 0) is 14.0 Å². The van der Waals surface area contributed by atoms with Crippen LogP contribution in [0, 0.1) is 0 Å². The van der Waals surface area contributed by atoms with Gasteiger partial charge in [-0.2, -0.15) is 0 Å². The maximum absolute atomic E-state index is 11.8. The van der Waals surface area contributed by atoms with Crippen LogP contribution in [0.25, 0.3) is 0 Å². The number of rotatable bonds is 5. The molecule has 0 radical (unpaired) electrons. The van der Waals surface area contributed by atoms with Crippen LogP contribution in [0.5, 0.6) is 0 Å². The van der Waals surface area contributed by atoms with Gasteiger partial charge in [0.15, 0.2) is 8.32 Å². The number of nitrogens with two attached hydrogens (primary N) is 1. The average molecular weight is 289 g/mol. The summed E-state index contributed by atoms with van der Waals surface area (Å²) in [6.45, 7) is 16.7. The predicted octanol–water partition coefficient (Wildman–Crippen LogP) is 3.07. The standard InChI is InChI=1S/C14H31NO3Si/c1-13(2,3)17-12(16)9-11(10-15)18-19(7,8)14(4,5)6/h11H,9-10,15H2,1-8H3/t11-/m0/s1. The molecule has 114 valence electrons. The quantitative estimate of drug-likeness (QED) is 0.624. The van der Waals surface area contributed by atoms with E-state index >= 15 is 0 Å². The van der Waals surface area contributed by atoms with Crippen LogP contribution in [0.4, 0.5) is 0 Å². The lowest BCUT2D eigenvalue weighted by Gasteiger charge is -2.39. The first-order chi connectivity index (χ1) is 8.28. The second-order valence-electron chi connectivity index (χ2n) is 7.53. The fraction of sp³-hybridized carbons (Fsp3) is 0.929.